The minimum atomic E-state index is -4.30. The number of sulfonamides is 1. The lowest BCUT2D eigenvalue weighted by molar-refractivity contribution is 0.585. The predicted molar refractivity (Wildman–Crippen MR) is 115 cm³/mol. The Bertz CT molecular complexity index is 1910. The molecule has 0 radical (unpaired) electrons. The quantitative estimate of drug-likeness (QED) is 0.282. The second kappa shape index (κ2) is 6.91. The van der Waals surface area contributed by atoms with Gasteiger partial charge in [-0.1, -0.05) is 0 Å². The SMILES string of the molecule is O=c1[nH]c2ccc(S(=O)(=O)/N=c3\sccn3S(=O)(=O)c3ccc4[nH]c(=O)[nH]c4c3)cc2[nH]1. The van der Waals surface area contributed by atoms with Crippen molar-refractivity contribution in [1.29, 1.82) is 0 Å². The molecule has 3 aromatic heterocycles. The minimum absolute atomic E-state index is 0.163. The van der Waals surface area contributed by atoms with E-state index in [0.29, 0.717) is 11.0 Å². The van der Waals surface area contributed by atoms with Crippen LogP contribution in [0.3, 0.4) is 0 Å². The van der Waals surface area contributed by atoms with Gasteiger partial charge in [0.1, 0.15) is 0 Å². The summed E-state index contributed by atoms with van der Waals surface area (Å²) in [6.45, 7) is 0. The number of aromatic amines is 4. The summed E-state index contributed by atoms with van der Waals surface area (Å²) in [5.41, 5.74) is 0.420. The third kappa shape index (κ3) is 3.31. The first kappa shape index (κ1) is 20.2. The van der Waals surface area contributed by atoms with Crippen molar-refractivity contribution in [2.75, 3.05) is 0 Å². The number of benzene rings is 2. The van der Waals surface area contributed by atoms with Crippen molar-refractivity contribution in [2.45, 2.75) is 9.79 Å². The molecule has 0 aliphatic carbocycles. The summed E-state index contributed by atoms with van der Waals surface area (Å²) in [7, 11) is -8.51. The summed E-state index contributed by atoms with van der Waals surface area (Å²) >= 11 is 0.818. The normalized spacial score (nSPS) is 13.3. The molecule has 32 heavy (non-hydrogen) atoms. The molecule has 2 aromatic carbocycles. The monoisotopic (exact) mass is 492 g/mol. The van der Waals surface area contributed by atoms with E-state index < -0.39 is 31.4 Å². The molecule has 4 N–H and O–H groups in total. The molecule has 15 heteroatoms. The Labute approximate surface area is 182 Å². The Morgan fingerprint density at radius 1 is 0.750 bits per heavy atom. The van der Waals surface area contributed by atoms with E-state index >= 15 is 0 Å². The molecule has 0 aliphatic heterocycles. The molecule has 0 saturated heterocycles. The van der Waals surface area contributed by atoms with Gasteiger partial charge >= 0.3 is 11.4 Å². The van der Waals surface area contributed by atoms with E-state index in [0.717, 1.165) is 15.3 Å². The molecule has 5 rings (SSSR count). The van der Waals surface area contributed by atoms with Crippen molar-refractivity contribution < 1.29 is 16.8 Å². The van der Waals surface area contributed by atoms with E-state index in [1.165, 1.54) is 48.0 Å². The lowest BCUT2D eigenvalue weighted by Gasteiger charge is -2.06. The van der Waals surface area contributed by atoms with Gasteiger partial charge in [0.05, 0.1) is 31.9 Å². The van der Waals surface area contributed by atoms with Crippen molar-refractivity contribution in [3.05, 3.63) is 73.7 Å². The molecule has 164 valence electrons. The van der Waals surface area contributed by atoms with Crippen molar-refractivity contribution in [3.8, 4) is 0 Å². The molecular weight excluding hydrogens is 480 g/mol. The van der Waals surface area contributed by atoms with E-state index in [1.54, 1.807) is 0 Å². The molecule has 0 spiro atoms. The number of fused-ring (bicyclic) bond motifs is 2. The van der Waals surface area contributed by atoms with E-state index in [4.69, 9.17) is 0 Å². The molecule has 5 aromatic rings. The van der Waals surface area contributed by atoms with Gasteiger partial charge in [-0.2, -0.15) is 8.42 Å². The summed E-state index contributed by atoms with van der Waals surface area (Å²) in [5, 5.41) is 1.38. The van der Waals surface area contributed by atoms with Gasteiger partial charge < -0.3 is 19.9 Å². The molecule has 0 atom stereocenters. The van der Waals surface area contributed by atoms with Crippen LogP contribution in [0.25, 0.3) is 22.1 Å². The fraction of sp³-hybridized carbons (Fsp3) is 0. The summed E-state index contributed by atoms with van der Waals surface area (Å²) < 4.78 is 56.4. The Morgan fingerprint density at radius 2 is 1.28 bits per heavy atom. The van der Waals surface area contributed by atoms with Crippen LogP contribution < -0.4 is 16.2 Å². The maximum absolute atomic E-state index is 13.1. The summed E-state index contributed by atoms with van der Waals surface area (Å²) in [4.78, 5) is 32.1. The number of imidazole rings is 2. The number of nitrogens with one attached hydrogen (secondary N) is 4. The van der Waals surface area contributed by atoms with Crippen LogP contribution in [0.15, 0.2) is 71.8 Å². The molecule has 3 heterocycles. The first-order valence-corrected chi connectivity index (χ1v) is 12.6. The summed E-state index contributed by atoms with van der Waals surface area (Å²) in [6.07, 6.45) is 1.19. The van der Waals surface area contributed by atoms with Crippen LogP contribution in [0.1, 0.15) is 0 Å². The van der Waals surface area contributed by atoms with Gasteiger partial charge in [-0.05, 0) is 36.4 Å². The number of thiazole rings is 1. The second-order valence-electron chi connectivity index (χ2n) is 6.63. The van der Waals surface area contributed by atoms with Crippen LogP contribution in [0.4, 0.5) is 0 Å². The van der Waals surface area contributed by atoms with Crippen LogP contribution in [0.5, 0.6) is 0 Å². The zero-order valence-electron chi connectivity index (χ0n) is 15.7. The average molecular weight is 493 g/mol. The van der Waals surface area contributed by atoms with Gasteiger partial charge in [0.15, 0.2) is 0 Å². The Kier molecular flexibility index (Phi) is 4.37. The largest absolute Gasteiger partial charge is 0.323 e. The van der Waals surface area contributed by atoms with Crippen LogP contribution in [0, 0.1) is 0 Å². The molecule has 0 bridgehead atoms. The minimum Gasteiger partial charge on any atom is -0.306 e. The first-order chi connectivity index (χ1) is 15.1. The van der Waals surface area contributed by atoms with E-state index in [2.05, 4.69) is 24.3 Å². The van der Waals surface area contributed by atoms with Gasteiger partial charge in [0, 0.05) is 11.6 Å². The lowest BCUT2D eigenvalue weighted by Crippen LogP contribution is -2.24. The summed E-state index contributed by atoms with van der Waals surface area (Å²) in [6, 6.07) is 7.87. The third-order valence-corrected chi connectivity index (χ3v) is 8.50. The van der Waals surface area contributed by atoms with Gasteiger partial charge in [-0.25, -0.2) is 22.0 Å². The molecular formula is C17H12N6O6S3. The van der Waals surface area contributed by atoms with Crippen molar-refractivity contribution in [2.24, 2.45) is 4.40 Å². The fourth-order valence-corrected chi connectivity index (χ4v) is 6.72. The third-order valence-electron chi connectivity index (χ3n) is 4.59. The Morgan fingerprint density at radius 3 is 1.91 bits per heavy atom. The van der Waals surface area contributed by atoms with Crippen molar-refractivity contribution in [1.82, 2.24) is 23.9 Å². The van der Waals surface area contributed by atoms with Crippen LogP contribution in [-0.4, -0.2) is 40.7 Å². The number of hydrogen-bond acceptors (Lipinski definition) is 7. The topological polar surface area (TPSA) is 183 Å². The maximum Gasteiger partial charge on any atom is 0.323 e. The van der Waals surface area contributed by atoms with Crippen LogP contribution >= 0.6 is 11.3 Å². The highest BCUT2D eigenvalue weighted by atomic mass is 32.2. The molecule has 0 aliphatic rings. The molecule has 0 unspecified atom stereocenters. The standard InChI is InChI=1S/C17H12N6O6S3/c24-15-18-11-3-1-9(7-13(11)20-15)31(26,27)22-17-23(5-6-30-17)32(28,29)10-2-4-12-14(8-10)21-16(25)19-12/h1-8H,(H2,18,20,24)(H2,19,21,25)/b22-17-. The number of nitrogens with zero attached hydrogens (tertiary/aromatic N) is 2. The first-order valence-electron chi connectivity index (χ1n) is 8.80. The Hall–Kier alpha value is -3.69. The smallest absolute Gasteiger partial charge is 0.306 e. The highest BCUT2D eigenvalue weighted by Gasteiger charge is 2.21. The number of aromatic nitrogens is 5. The zero-order chi connectivity index (χ0) is 22.7. The molecule has 12 nitrogen and oxygen atoms in total. The highest BCUT2D eigenvalue weighted by molar-refractivity contribution is 7.90. The average Bonchev–Trinajstić information content (AvgIpc) is 3.42. The lowest BCUT2D eigenvalue weighted by atomic mass is 10.3. The number of hydrogen-bond donors (Lipinski definition) is 4. The fourth-order valence-electron chi connectivity index (χ4n) is 3.12. The van der Waals surface area contributed by atoms with E-state index in [-0.39, 0.29) is 25.6 Å². The second-order valence-corrected chi connectivity index (χ2v) is 10.9. The zero-order valence-corrected chi connectivity index (χ0v) is 18.1. The highest BCUT2D eigenvalue weighted by Crippen LogP contribution is 2.19. The predicted octanol–water partition coefficient (Wildman–Crippen LogP) is 0.415. The van der Waals surface area contributed by atoms with Crippen LogP contribution in [0.2, 0.25) is 0 Å². The van der Waals surface area contributed by atoms with E-state index in [1.807, 2.05) is 0 Å². The van der Waals surface area contributed by atoms with Gasteiger partial charge in [0.2, 0.25) is 4.80 Å². The maximum atomic E-state index is 13.1. The van der Waals surface area contributed by atoms with E-state index in [9.17, 15) is 26.4 Å². The van der Waals surface area contributed by atoms with Gasteiger partial charge in [-0.3, -0.25) is 0 Å². The number of H-pyrrole nitrogens is 4. The van der Waals surface area contributed by atoms with Gasteiger partial charge in [0.25, 0.3) is 20.0 Å². The van der Waals surface area contributed by atoms with Gasteiger partial charge in [-0.15, -0.1) is 15.7 Å². The molecule has 0 saturated carbocycles. The van der Waals surface area contributed by atoms with Crippen LogP contribution in [-0.2, 0) is 20.0 Å². The summed E-state index contributed by atoms with van der Waals surface area (Å²) in [5.74, 6) is 0. The van der Waals surface area contributed by atoms with Crippen molar-refractivity contribution >= 4 is 53.5 Å². The Balaban J connectivity index is 1.63. The molecule has 0 amide bonds. The number of rotatable bonds is 4. The molecule has 0 fully saturated rings. The van der Waals surface area contributed by atoms with Crippen molar-refractivity contribution in [3.63, 3.8) is 0 Å².